The topological polar surface area (TPSA) is 65.8 Å². The Bertz CT molecular complexity index is 454. The van der Waals surface area contributed by atoms with E-state index in [2.05, 4.69) is 10.0 Å². The number of ketones is 1. The molecule has 0 bridgehead atoms. The fourth-order valence-corrected chi connectivity index (χ4v) is 2.78. The van der Waals surface area contributed by atoms with Gasteiger partial charge in [0, 0.05) is 16.2 Å². The Hall–Kier alpha value is -1.45. The van der Waals surface area contributed by atoms with Gasteiger partial charge in [0.2, 0.25) is 0 Å². The maximum absolute atomic E-state index is 11.8. The van der Waals surface area contributed by atoms with Gasteiger partial charge in [-0.05, 0) is 29.3 Å². The Morgan fingerprint density at radius 2 is 2.25 bits per heavy atom. The van der Waals surface area contributed by atoms with Crippen LogP contribution in [0.15, 0.2) is 34.3 Å². The van der Waals surface area contributed by atoms with E-state index in [0.29, 0.717) is 12.8 Å². The van der Waals surface area contributed by atoms with Crippen LogP contribution in [0.1, 0.15) is 12.0 Å². The number of hydrogen-bond acceptors (Lipinski definition) is 3. The SMILES string of the molecule is [N-]=[N+]=NC1CCSc2ccccc2CC1=O. The second kappa shape index (κ2) is 5.05. The van der Waals surface area contributed by atoms with E-state index in [9.17, 15) is 4.79 Å². The molecule has 0 amide bonds. The third-order valence-corrected chi connectivity index (χ3v) is 3.70. The number of azide groups is 1. The third kappa shape index (κ3) is 2.38. The summed E-state index contributed by atoms with van der Waals surface area (Å²) in [6, 6.07) is 7.39. The van der Waals surface area contributed by atoms with Gasteiger partial charge >= 0.3 is 0 Å². The van der Waals surface area contributed by atoms with Crippen molar-refractivity contribution in [1.29, 1.82) is 0 Å². The average Bonchev–Trinajstić information content (AvgIpc) is 2.28. The second-order valence-electron chi connectivity index (χ2n) is 3.61. The first-order valence-corrected chi connectivity index (χ1v) is 6.07. The van der Waals surface area contributed by atoms with E-state index in [-0.39, 0.29) is 5.78 Å². The zero-order chi connectivity index (χ0) is 11.4. The molecule has 1 atom stereocenters. The lowest BCUT2D eigenvalue weighted by Crippen LogP contribution is -2.22. The number of benzene rings is 1. The molecule has 4 nitrogen and oxygen atoms in total. The zero-order valence-electron chi connectivity index (χ0n) is 8.67. The van der Waals surface area contributed by atoms with Crippen molar-refractivity contribution in [3.05, 3.63) is 40.3 Å². The predicted molar refractivity (Wildman–Crippen MR) is 63.4 cm³/mol. The van der Waals surface area contributed by atoms with Crippen molar-refractivity contribution in [3.63, 3.8) is 0 Å². The average molecular weight is 233 g/mol. The van der Waals surface area contributed by atoms with Crippen molar-refractivity contribution in [2.45, 2.75) is 23.8 Å². The summed E-state index contributed by atoms with van der Waals surface area (Å²) in [6.07, 6.45) is 0.995. The zero-order valence-corrected chi connectivity index (χ0v) is 9.48. The van der Waals surface area contributed by atoms with Crippen LogP contribution in [0.2, 0.25) is 0 Å². The summed E-state index contributed by atoms with van der Waals surface area (Å²) in [4.78, 5) is 15.7. The van der Waals surface area contributed by atoms with Crippen LogP contribution < -0.4 is 0 Å². The van der Waals surface area contributed by atoms with Crippen LogP contribution in [0, 0.1) is 0 Å². The van der Waals surface area contributed by atoms with Crippen LogP contribution in [0.4, 0.5) is 0 Å². The predicted octanol–water partition coefficient (Wildman–Crippen LogP) is 2.97. The molecule has 5 heteroatoms. The van der Waals surface area contributed by atoms with E-state index in [0.717, 1.165) is 16.2 Å². The molecule has 0 saturated carbocycles. The van der Waals surface area contributed by atoms with Crippen molar-refractivity contribution in [3.8, 4) is 0 Å². The standard InChI is InChI=1S/C11H11N3OS/c12-14-13-9-5-6-16-11-4-2-1-3-8(11)7-10(9)15/h1-4,9H,5-7H2. The summed E-state index contributed by atoms with van der Waals surface area (Å²) in [5.74, 6) is 0.831. The first kappa shape index (κ1) is 11.0. The molecule has 1 aromatic carbocycles. The number of nitrogens with zero attached hydrogens (tertiary/aromatic N) is 3. The molecule has 0 fully saturated rings. The van der Waals surface area contributed by atoms with E-state index >= 15 is 0 Å². The molecule has 2 rings (SSSR count). The Labute approximate surface area is 97.7 Å². The van der Waals surface area contributed by atoms with Gasteiger partial charge in [-0.3, -0.25) is 4.79 Å². The summed E-state index contributed by atoms with van der Waals surface area (Å²) in [5, 5.41) is 3.56. The molecule has 1 unspecified atom stereocenters. The number of hydrogen-bond donors (Lipinski definition) is 0. The fraction of sp³-hybridized carbons (Fsp3) is 0.364. The minimum absolute atomic E-state index is 0.0190. The number of carbonyl (C=O) groups excluding carboxylic acids is 1. The summed E-state index contributed by atoms with van der Waals surface area (Å²) < 4.78 is 0. The molecule has 0 radical (unpaired) electrons. The van der Waals surface area contributed by atoms with Gasteiger partial charge in [0.15, 0.2) is 0 Å². The molecule has 0 aromatic heterocycles. The molecule has 16 heavy (non-hydrogen) atoms. The van der Waals surface area contributed by atoms with Crippen LogP contribution in [0.5, 0.6) is 0 Å². The molecule has 1 aliphatic rings. The van der Waals surface area contributed by atoms with Gasteiger partial charge in [-0.25, -0.2) is 0 Å². The monoisotopic (exact) mass is 233 g/mol. The molecule has 0 saturated heterocycles. The lowest BCUT2D eigenvalue weighted by molar-refractivity contribution is -0.119. The quantitative estimate of drug-likeness (QED) is 0.425. The molecular formula is C11H11N3OS. The fourth-order valence-electron chi connectivity index (χ4n) is 1.72. The number of fused-ring (bicyclic) bond motifs is 1. The molecule has 0 spiro atoms. The highest BCUT2D eigenvalue weighted by atomic mass is 32.2. The summed E-state index contributed by atoms with van der Waals surface area (Å²) >= 11 is 1.72. The highest BCUT2D eigenvalue weighted by molar-refractivity contribution is 7.99. The van der Waals surface area contributed by atoms with E-state index in [4.69, 9.17) is 5.53 Å². The number of rotatable bonds is 1. The van der Waals surface area contributed by atoms with Gasteiger partial charge < -0.3 is 0 Å². The molecule has 1 aliphatic heterocycles. The summed E-state index contributed by atoms with van der Waals surface area (Å²) in [6.45, 7) is 0. The first-order valence-electron chi connectivity index (χ1n) is 5.09. The Morgan fingerprint density at radius 3 is 3.06 bits per heavy atom. The van der Waals surface area contributed by atoms with Crippen LogP contribution in [-0.2, 0) is 11.2 Å². The largest absolute Gasteiger partial charge is 0.299 e. The minimum atomic E-state index is -0.495. The number of Topliss-reactive ketones (excluding diaryl/α,β-unsaturated/α-hetero) is 1. The molecule has 82 valence electrons. The summed E-state index contributed by atoms with van der Waals surface area (Å²) in [5.41, 5.74) is 9.43. The van der Waals surface area contributed by atoms with E-state index < -0.39 is 6.04 Å². The van der Waals surface area contributed by atoms with E-state index in [1.165, 1.54) is 0 Å². The normalized spacial score (nSPS) is 20.2. The van der Waals surface area contributed by atoms with Crippen molar-refractivity contribution in [2.24, 2.45) is 5.11 Å². The van der Waals surface area contributed by atoms with E-state index in [1.54, 1.807) is 11.8 Å². The van der Waals surface area contributed by atoms with Crippen LogP contribution in [0.25, 0.3) is 10.4 Å². The lowest BCUT2D eigenvalue weighted by atomic mass is 10.0. The van der Waals surface area contributed by atoms with Gasteiger partial charge in [0.05, 0.1) is 6.04 Å². The van der Waals surface area contributed by atoms with E-state index in [1.807, 2.05) is 24.3 Å². The van der Waals surface area contributed by atoms with Gasteiger partial charge in [0.25, 0.3) is 0 Å². The minimum Gasteiger partial charge on any atom is -0.299 e. The number of thioether (sulfide) groups is 1. The third-order valence-electron chi connectivity index (χ3n) is 2.55. The van der Waals surface area contributed by atoms with Crippen LogP contribution in [-0.4, -0.2) is 17.6 Å². The molecular weight excluding hydrogens is 222 g/mol. The highest BCUT2D eigenvalue weighted by Gasteiger charge is 2.20. The maximum Gasteiger partial charge on any atom is 0.146 e. The Balaban J connectivity index is 2.27. The number of carbonyl (C=O) groups is 1. The van der Waals surface area contributed by atoms with Crippen molar-refractivity contribution >= 4 is 17.5 Å². The van der Waals surface area contributed by atoms with Crippen molar-refractivity contribution < 1.29 is 4.79 Å². The van der Waals surface area contributed by atoms with Gasteiger partial charge in [-0.15, -0.1) is 11.8 Å². The van der Waals surface area contributed by atoms with Crippen LogP contribution >= 0.6 is 11.8 Å². The second-order valence-corrected chi connectivity index (χ2v) is 4.75. The highest BCUT2D eigenvalue weighted by Crippen LogP contribution is 2.27. The van der Waals surface area contributed by atoms with Crippen LogP contribution in [0.3, 0.4) is 0 Å². The molecule has 0 aliphatic carbocycles. The van der Waals surface area contributed by atoms with Crippen molar-refractivity contribution in [2.75, 3.05) is 5.75 Å². The first-order chi connectivity index (χ1) is 7.81. The summed E-state index contributed by atoms with van der Waals surface area (Å²) in [7, 11) is 0. The Kier molecular flexibility index (Phi) is 3.49. The maximum atomic E-state index is 11.8. The molecule has 1 aromatic rings. The Morgan fingerprint density at radius 1 is 1.44 bits per heavy atom. The van der Waals surface area contributed by atoms with Gasteiger partial charge in [0.1, 0.15) is 5.78 Å². The molecule has 1 heterocycles. The van der Waals surface area contributed by atoms with Gasteiger partial charge in [-0.2, -0.15) is 0 Å². The lowest BCUT2D eigenvalue weighted by Gasteiger charge is -2.16. The molecule has 0 N–H and O–H groups in total. The van der Waals surface area contributed by atoms with Gasteiger partial charge in [-0.1, -0.05) is 23.3 Å². The van der Waals surface area contributed by atoms with Crippen molar-refractivity contribution in [1.82, 2.24) is 0 Å². The smallest absolute Gasteiger partial charge is 0.146 e.